The van der Waals surface area contributed by atoms with Crippen LogP contribution in [0.5, 0.6) is 11.5 Å². The third-order valence-electron chi connectivity index (χ3n) is 5.32. The van der Waals surface area contributed by atoms with Crippen LogP contribution >= 0.6 is 0 Å². The molecule has 6 heteroatoms. The van der Waals surface area contributed by atoms with Gasteiger partial charge in [0.2, 0.25) is 0 Å². The summed E-state index contributed by atoms with van der Waals surface area (Å²) in [6.07, 6.45) is 15.8. The van der Waals surface area contributed by atoms with Gasteiger partial charge in [-0.05, 0) is 48.7 Å². The van der Waals surface area contributed by atoms with Crippen molar-refractivity contribution in [1.29, 1.82) is 0 Å². The molecule has 0 heterocycles. The van der Waals surface area contributed by atoms with Gasteiger partial charge in [-0.1, -0.05) is 89.3 Å². The summed E-state index contributed by atoms with van der Waals surface area (Å²) >= 11 is 0. The average Bonchev–Trinajstić information content (AvgIpc) is 2.73. The standard InChI is InChI=1S/C25H36O4S.Na/c1-2-3-4-5-6-7-8-9-10-11-12-14-22-17-19-23(20-18-22)29-24-15-13-16-25(21-24)30(26,27)28;/h13,15-21H,2-12,14H2,1H3,(H,26,27,28);/q;+1/p-1. The van der Waals surface area contributed by atoms with Gasteiger partial charge in [-0.2, -0.15) is 0 Å². The van der Waals surface area contributed by atoms with E-state index in [9.17, 15) is 13.0 Å². The Morgan fingerprint density at radius 1 is 0.742 bits per heavy atom. The van der Waals surface area contributed by atoms with E-state index in [0.29, 0.717) is 11.5 Å². The molecule has 2 aromatic carbocycles. The van der Waals surface area contributed by atoms with Crippen LogP contribution in [-0.4, -0.2) is 13.0 Å². The second kappa shape index (κ2) is 15.9. The fourth-order valence-corrected chi connectivity index (χ4v) is 4.05. The Morgan fingerprint density at radius 3 is 1.84 bits per heavy atom. The van der Waals surface area contributed by atoms with E-state index in [1.54, 1.807) is 6.07 Å². The predicted octanol–water partition coefficient (Wildman–Crippen LogP) is 4.24. The zero-order valence-corrected chi connectivity index (χ0v) is 22.0. The number of ether oxygens (including phenoxy) is 1. The summed E-state index contributed by atoms with van der Waals surface area (Å²) in [4.78, 5) is -0.284. The molecule has 2 aromatic rings. The second-order valence-corrected chi connectivity index (χ2v) is 9.34. The van der Waals surface area contributed by atoms with Gasteiger partial charge in [-0.15, -0.1) is 0 Å². The van der Waals surface area contributed by atoms with Crippen LogP contribution in [-0.2, 0) is 16.5 Å². The maximum absolute atomic E-state index is 11.1. The van der Waals surface area contributed by atoms with E-state index in [2.05, 4.69) is 6.92 Å². The van der Waals surface area contributed by atoms with Crippen molar-refractivity contribution >= 4 is 10.1 Å². The zero-order valence-electron chi connectivity index (χ0n) is 19.1. The van der Waals surface area contributed by atoms with E-state index in [-0.39, 0.29) is 34.5 Å². The molecule has 0 amide bonds. The molecule has 0 spiro atoms. The molecule has 0 saturated carbocycles. The third kappa shape index (κ3) is 12.1. The van der Waals surface area contributed by atoms with Crippen LogP contribution < -0.4 is 34.3 Å². The molecule has 0 aliphatic rings. The van der Waals surface area contributed by atoms with Crippen molar-refractivity contribution < 1.29 is 47.3 Å². The summed E-state index contributed by atoms with van der Waals surface area (Å²) < 4.78 is 39.0. The monoisotopic (exact) mass is 454 g/mol. The summed E-state index contributed by atoms with van der Waals surface area (Å²) in [5.74, 6) is 0.961. The van der Waals surface area contributed by atoms with Crippen LogP contribution in [0.3, 0.4) is 0 Å². The van der Waals surface area contributed by atoms with Crippen molar-refractivity contribution in [2.75, 3.05) is 0 Å². The fourth-order valence-electron chi connectivity index (χ4n) is 3.55. The summed E-state index contributed by atoms with van der Waals surface area (Å²) in [5, 5.41) is 0. The van der Waals surface area contributed by atoms with Crippen LogP contribution in [0.25, 0.3) is 0 Å². The zero-order chi connectivity index (χ0) is 21.7. The predicted molar refractivity (Wildman–Crippen MR) is 121 cm³/mol. The first-order chi connectivity index (χ1) is 14.5. The van der Waals surface area contributed by atoms with Gasteiger partial charge in [0.1, 0.15) is 21.6 Å². The SMILES string of the molecule is CCCCCCCCCCCCCc1ccc(Oc2cccc(S(=O)(=O)[O-])c2)cc1.[Na+]. The van der Waals surface area contributed by atoms with E-state index >= 15 is 0 Å². The Morgan fingerprint density at radius 2 is 1.29 bits per heavy atom. The Hall–Kier alpha value is -0.850. The van der Waals surface area contributed by atoms with Crippen molar-refractivity contribution in [3.05, 3.63) is 54.1 Å². The number of hydrogen-bond acceptors (Lipinski definition) is 4. The molecule has 0 aliphatic carbocycles. The van der Waals surface area contributed by atoms with E-state index < -0.39 is 10.1 Å². The maximum Gasteiger partial charge on any atom is 1.00 e. The maximum atomic E-state index is 11.1. The topological polar surface area (TPSA) is 66.4 Å². The van der Waals surface area contributed by atoms with Gasteiger partial charge in [-0.25, -0.2) is 8.42 Å². The van der Waals surface area contributed by atoms with Crippen molar-refractivity contribution in [1.82, 2.24) is 0 Å². The molecule has 4 nitrogen and oxygen atoms in total. The first-order valence-electron chi connectivity index (χ1n) is 11.3. The normalized spacial score (nSPS) is 11.2. The van der Waals surface area contributed by atoms with Gasteiger partial charge < -0.3 is 9.29 Å². The van der Waals surface area contributed by atoms with Gasteiger partial charge in [0.25, 0.3) is 0 Å². The van der Waals surface area contributed by atoms with Crippen LogP contribution in [0.2, 0.25) is 0 Å². The largest absolute Gasteiger partial charge is 1.00 e. The van der Waals surface area contributed by atoms with Crippen molar-refractivity contribution in [2.45, 2.75) is 88.9 Å². The Kier molecular flexibility index (Phi) is 14.4. The molecule has 0 aliphatic heterocycles. The molecule has 0 saturated heterocycles. The molecule has 0 unspecified atom stereocenters. The summed E-state index contributed by atoms with van der Waals surface area (Å²) in [6, 6.07) is 13.5. The number of hydrogen-bond donors (Lipinski definition) is 0. The van der Waals surface area contributed by atoms with E-state index in [4.69, 9.17) is 4.74 Å². The van der Waals surface area contributed by atoms with E-state index in [1.165, 1.54) is 94.4 Å². The van der Waals surface area contributed by atoms with Crippen molar-refractivity contribution in [3.8, 4) is 11.5 Å². The summed E-state index contributed by atoms with van der Waals surface area (Å²) in [6.45, 7) is 2.26. The first-order valence-corrected chi connectivity index (χ1v) is 12.7. The van der Waals surface area contributed by atoms with Crippen LogP contribution in [0.1, 0.15) is 83.1 Å². The molecule has 0 bridgehead atoms. The number of aryl methyl sites for hydroxylation is 1. The summed E-state index contributed by atoms with van der Waals surface area (Å²) in [7, 11) is -4.48. The molecule has 0 atom stereocenters. The van der Waals surface area contributed by atoms with Gasteiger partial charge >= 0.3 is 29.6 Å². The van der Waals surface area contributed by atoms with Gasteiger partial charge in [0.05, 0.1) is 4.90 Å². The molecule has 31 heavy (non-hydrogen) atoms. The molecular formula is C25H35NaO4S. The third-order valence-corrected chi connectivity index (χ3v) is 6.15. The van der Waals surface area contributed by atoms with Gasteiger partial charge in [-0.3, -0.25) is 0 Å². The number of benzene rings is 2. The minimum atomic E-state index is -4.48. The Labute approximate surface area is 210 Å². The first kappa shape index (κ1) is 28.2. The second-order valence-electron chi connectivity index (χ2n) is 7.96. The van der Waals surface area contributed by atoms with Gasteiger partial charge in [0.15, 0.2) is 0 Å². The Bertz CT molecular complexity index is 835. The number of rotatable bonds is 15. The summed E-state index contributed by atoms with van der Waals surface area (Å²) in [5.41, 5.74) is 1.27. The van der Waals surface area contributed by atoms with Crippen LogP contribution in [0, 0.1) is 0 Å². The molecule has 0 aromatic heterocycles. The molecule has 0 radical (unpaired) electrons. The minimum absolute atomic E-state index is 0. The quantitative estimate of drug-likeness (QED) is 0.229. The molecular weight excluding hydrogens is 419 g/mol. The molecule has 0 fully saturated rings. The Balaban J connectivity index is 0.00000480. The minimum Gasteiger partial charge on any atom is -0.744 e. The molecule has 2 rings (SSSR count). The molecule has 0 N–H and O–H groups in total. The van der Waals surface area contributed by atoms with Crippen molar-refractivity contribution in [2.24, 2.45) is 0 Å². The van der Waals surface area contributed by atoms with Crippen LogP contribution in [0.4, 0.5) is 0 Å². The fraction of sp³-hybridized carbons (Fsp3) is 0.520. The van der Waals surface area contributed by atoms with E-state index in [1.807, 2.05) is 24.3 Å². The van der Waals surface area contributed by atoms with Crippen LogP contribution in [0.15, 0.2) is 53.4 Å². The van der Waals surface area contributed by atoms with Crippen molar-refractivity contribution in [3.63, 3.8) is 0 Å². The smallest absolute Gasteiger partial charge is 0.744 e. The molecule has 166 valence electrons. The average molecular weight is 455 g/mol. The number of unbranched alkanes of at least 4 members (excludes halogenated alkanes) is 10. The van der Waals surface area contributed by atoms with Gasteiger partial charge in [0, 0.05) is 0 Å². The van der Waals surface area contributed by atoms with E-state index in [0.717, 1.165) is 6.42 Å².